The molecule has 0 atom stereocenters. The van der Waals surface area contributed by atoms with Gasteiger partial charge in [0.05, 0.1) is 0 Å². The van der Waals surface area contributed by atoms with Crippen LogP contribution in [0.2, 0.25) is 0 Å². The Morgan fingerprint density at radius 1 is 1.29 bits per heavy atom. The Hall–Kier alpha value is -1.57. The van der Waals surface area contributed by atoms with Crippen molar-refractivity contribution < 1.29 is 0 Å². The van der Waals surface area contributed by atoms with Crippen molar-refractivity contribution in [1.29, 1.82) is 0 Å². The molecular weight excluding hydrogens is 208 g/mol. The Morgan fingerprint density at radius 3 is 3.00 bits per heavy atom. The van der Waals surface area contributed by atoms with Crippen LogP contribution in [0.5, 0.6) is 0 Å². The number of hydrogen-bond acceptors (Lipinski definition) is 1. The molecule has 0 spiro atoms. The van der Waals surface area contributed by atoms with Crippen molar-refractivity contribution in [1.82, 2.24) is 9.78 Å². The summed E-state index contributed by atoms with van der Waals surface area (Å²) in [4.78, 5) is 0. The molecule has 1 radical (unpaired) electrons. The number of aryl methyl sites for hydroxylation is 3. The second-order valence-electron chi connectivity index (χ2n) is 4.32. The molecule has 2 rings (SSSR count). The van der Waals surface area contributed by atoms with Crippen molar-refractivity contribution in [3.63, 3.8) is 0 Å². The predicted octanol–water partition coefficient (Wildman–Crippen LogP) is 3.27. The number of rotatable bonds is 6. The van der Waals surface area contributed by atoms with E-state index in [4.69, 9.17) is 0 Å². The van der Waals surface area contributed by atoms with E-state index >= 15 is 0 Å². The highest BCUT2D eigenvalue weighted by Crippen LogP contribution is 2.13. The highest BCUT2D eigenvalue weighted by molar-refractivity contribution is 5.26. The van der Waals surface area contributed by atoms with E-state index in [2.05, 4.69) is 30.2 Å². The second-order valence-corrected chi connectivity index (χ2v) is 4.32. The minimum atomic E-state index is 0.948. The fourth-order valence-electron chi connectivity index (χ4n) is 2.01. The van der Waals surface area contributed by atoms with E-state index in [1.54, 1.807) is 0 Å². The lowest BCUT2D eigenvalue weighted by Gasteiger charge is -2.08. The van der Waals surface area contributed by atoms with Gasteiger partial charge in [-0.05, 0) is 42.5 Å². The zero-order chi connectivity index (χ0) is 11.9. The van der Waals surface area contributed by atoms with E-state index in [9.17, 15) is 0 Å². The summed E-state index contributed by atoms with van der Waals surface area (Å²) in [5, 5.41) is 4.23. The molecule has 2 heteroatoms. The molecular formula is C15H19N2. The lowest BCUT2D eigenvalue weighted by Crippen LogP contribution is -2.03. The fourth-order valence-corrected chi connectivity index (χ4v) is 2.01. The quantitative estimate of drug-likeness (QED) is 0.740. The van der Waals surface area contributed by atoms with Crippen molar-refractivity contribution in [3.8, 4) is 0 Å². The van der Waals surface area contributed by atoms with Crippen LogP contribution < -0.4 is 0 Å². The number of unbranched alkanes of at least 4 members (excludes halogenated alkanes) is 1. The van der Waals surface area contributed by atoms with Gasteiger partial charge in [-0.1, -0.05) is 31.5 Å². The molecule has 0 aliphatic rings. The van der Waals surface area contributed by atoms with Gasteiger partial charge in [0.2, 0.25) is 0 Å². The third kappa shape index (κ3) is 3.45. The molecule has 2 nitrogen and oxygen atoms in total. The molecule has 1 aromatic heterocycles. The standard InChI is InChI=1S/C15H19N2/c1-2-3-7-14-8-4-5-9-15(14)10-13-17-12-6-11-16-17/h4,6,8-9,11-12H,2-3,7,10,13H2,1H3. The van der Waals surface area contributed by atoms with E-state index in [0.29, 0.717) is 0 Å². The molecule has 89 valence electrons. The van der Waals surface area contributed by atoms with Gasteiger partial charge in [0.25, 0.3) is 0 Å². The maximum absolute atomic E-state index is 4.23. The molecule has 1 aromatic carbocycles. The van der Waals surface area contributed by atoms with Crippen molar-refractivity contribution >= 4 is 0 Å². The topological polar surface area (TPSA) is 17.8 Å². The van der Waals surface area contributed by atoms with Gasteiger partial charge in [0.1, 0.15) is 0 Å². The van der Waals surface area contributed by atoms with E-state index in [1.165, 1.54) is 30.4 Å². The first-order valence-electron chi connectivity index (χ1n) is 6.35. The summed E-state index contributed by atoms with van der Waals surface area (Å²) in [6.07, 6.45) is 8.57. The van der Waals surface area contributed by atoms with Crippen LogP contribution in [0.3, 0.4) is 0 Å². The zero-order valence-corrected chi connectivity index (χ0v) is 10.4. The number of hydrogen-bond donors (Lipinski definition) is 0. The van der Waals surface area contributed by atoms with Crippen molar-refractivity contribution in [3.05, 3.63) is 53.9 Å². The SMILES string of the molecule is CCCCc1cc[c]cc1CCn1cccn1. The summed E-state index contributed by atoms with van der Waals surface area (Å²) >= 11 is 0. The average molecular weight is 227 g/mol. The normalized spacial score (nSPS) is 10.6. The summed E-state index contributed by atoms with van der Waals surface area (Å²) in [5.74, 6) is 0. The number of aromatic nitrogens is 2. The van der Waals surface area contributed by atoms with Crippen LogP contribution in [-0.4, -0.2) is 9.78 Å². The average Bonchev–Trinajstić information content (AvgIpc) is 2.88. The van der Waals surface area contributed by atoms with Crippen LogP contribution in [0.25, 0.3) is 0 Å². The van der Waals surface area contributed by atoms with E-state index in [0.717, 1.165) is 13.0 Å². The van der Waals surface area contributed by atoms with E-state index in [1.807, 2.05) is 29.2 Å². The third-order valence-corrected chi connectivity index (χ3v) is 3.02. The van der Waals surface area contributed by atoms with Crippen molar-refractivity contribution in [2.24, 2.45) is 0 Å². The van der Waals surface area contributed by atoms with Crippen LogP contribution in [0, 0.1) is 6.07 Å². The first-order valence-corrected chi connectivity index (χ1v) is 6.35. The molecule has 0 saturated carbocycles. The van der Waals surface area contributed by atoms with Gasteiger partial charge in [0.15, 0.2) is 0 Å². The molecule has 0 saturated heterocycles. The van der Waals surface area contributed by atoms with Crippen LogP contribution in [-0.2, 0) is 19.4 Å². The van der Waals surface area contributed by atoms with Crippen LogP contribution in [0.1, 0.15) is 30.9 Å². The van der Waals surface area contributed by atoms with Crippen LogP contribution >= 0.6 is 0 Å². The van der Waals surface area contributed by atoms with E-state index in [-0.39, 0.29) is 0 Å². The molecule has 0 fully saturated rings. The van der Waals surface area contributed by atoms with Gasteiger partial charge in [-0.2, -0.15) is 5.10 Å². The molecule has 1 heterocycles. The highest BCUT2D eigenvalue weighted by atomic mass is 15.3. The molecule has 17 heavy (non-hydrogen) atoms. The summed E-state index contributed by atoms with van der Waals surface area (Å²) in [6, 6.07) is 11.5. The first-order chi connectivity index (χ1) is 8.40. The van der Waals surface area contributed by atoms with Crippen LogP contribution in [0.4, 0.5) is 0 Å². The van der Waals surface area contributed by atoms with Gasteiger partial charge in [-0.3, -0.25) is 4.68 Å². The van der Waals surface area contributed by atoms with E-state index < -0.39 is 0 Å². The monoisotopic (exact) mass is 227 g/mol. The summed E-state index contributed by atoms with van der Waals surface area (Å²) < 4.78 is 1.98. The largest absolute Gasteiger partial charge is 0.272 e. The molecule has 2 aromatic rings. The molecule has 0 N–H and O–H groups in total. The lowest BCUT2D eigenvalue weighted by molar-refractivity contribution is 0.611. The second kappa shape index (κ2) is 6.24. The minimum absolute atomic E-state index is 0.948. The van der Waals surface area contributed by atoms with Gasteiger partial charge in [0, 0.05) is 18.9 Å². The molecule has 0 unspecified atom stereocenters. The Balaban J connectivity index is 1.99. The van der Waals surface area contributed by atoms with Gasteiger partial charge >= 0.3 is 0 Å². The van der Waals surface area contributed by atoms with Crippen molar-refractivity contribution in [2.75, 3.05) is 0 Å². The van der Waals surface area contributed by atoms with Gasteiger partial charge in [-0.15, -0.1) is 0 Å². The number of benzene rings is 1. The molecule has 0 aliphatic carbocycles. The Labute approximate surface area is 103 Å². The minimum Gasteiger partial charge on any atom is -0.272 e. The summed E-state index contributed by atoms with van der Waals surface area (Å²) in [5.41, 5.74) is 2.88. The van der Waals surface area contributed by atoms with Gasteiger partial charge < -0.3 is 0 Å². The fraction of sp³-hybridized carbons (Fsp3) is 0.400. The Bertz CT molecular complexity index is 432. The Morgan fingerprint density at radius 2 is 2.24 bits per heavy atom. The molecule has 0 amide bonds. The zero-order valence-electron chi connectivity index (χ0n) is 10.4. The molecule has 0 aliphatic heterocycles. The maximum Gasteiger partial charge on any atom is 0.0489 e. The first kappa shape index (κ1) is 11.9. The third-order valence-electron chi connectivity index (χ3n) is 3.02. The van der Waals surface area contributed by atoms with Crippen LogP contribution in [0.15, 0.2) is 36.7 Å². The smallest absolute Gasteiger partial charge is 0.0489 e. The predicted molar refractivity (Wildman–Crippen MR) is 69.8 cm³/mol. The summed E-state index contributed by atoms with van der Waals surface area (Å²) in [7, 11) is 0. The van der Waals surface area contributed by atoms with Gasteiger partial charge in [-0.25, -0.2) is 0 Å². The Kier molecular flexibility index (Phi) is 4.37. The van der Waals surface area contributed by atoms with Crippen molar-refractivity contribution in [2.45, 2.75) is 39.2 Å². The maximum atomic E-state index is 4.23. The summed E-state index contributed by atoms with van der Waals surface area (Å²) in [6.45, 7) is 3.18. The highest BCUT2D eigenvalue weighted by Gasteiger charge is 2.01. The lowest BCUT2D eigenvalue weighted by atomic mass is 10.00. The number of nitrogens with zero attached hydrogens (tertiary/aromatic N) is 2. The molecule has 0 bridgehead atoms.